The summed E-state index contributed by atoms with van der Waals surface area (Å²) in [6.45, 7) is 1.86. The predicted molar refractivity (Wildman–Crippen MR) is 87.3 cm³/mol. The highest BCUT2D eigenvalue weighted by Gasteiger charge is 2.14. The number of aromatic nitrogens is 4. The van der Waals surface area contributed by atoms with Gasteiger partial charge in [-0.3, -0.25) is 5.10 Å². The zero-order valence-corrected chi connectivity index (χ0v) is 12.4. The van der Waals surface area contributed by atoms with E-state index >= 15 is 0 Å². The number of halogens is 1. The summed E-state index contributed by atoms with van der Waals surface area (Å²) >= 11 is 0. The van der Waals surface area contributed by atoms with Crippen molar-refractivity contribution in [3.8, 4) is 22.5 Å². The van der Waals surface area contributed by atoms with E-state index < -0.39 is 0 Å². The monoisotopic (exact) mass is 304 g/mol. The van der Waals surface area contributed by atoms with Crippen molar-refractivity contribution in [2.24, 2.45) is 0 Å². The van der Waals surface area contributed by atoms with E-state index in [-0.39, 0.29) is 5.82 Å². The average molecular weight is 304 g/mol. The Balaban J connectivity index is 1.91. The highest BCUT2D eigenvalue weighted by atomic mass is 19.1. The molecule has 0 bridgehead atoms. The third-order valence-corrected chi connectivity index (χ3v) is 3.79. The van der Waals surface area contributed by atoms with E-state index in [1.807, 2.05) is 37.3 Å². The number of rotatable bonds is 2. The molecular formula is C18H13FN4. The molecule has 0 unspecified atom stereocenters. The highest BCUT2D eigenvalue weighted by Crippen LogP contribution is 2.28. The van der Waals surface area contributed by atoms with E-state index in [1.165, 1.54) is 12.1 Å². The molecule has 0 aliphatic carbocycles. The van der Waals surface area contributed by atoms with Crippen LogP contribution in [-0.4, -0.2) is 20.2 Å². The molecule has 0 spiro atoms. The van der Waals surface area contributed by atoms with Crippen molar-refractivity contribution < 1.29 is 4.39 Å². The molecule has 0 saturated carbocycles. The lowest BCUT2D eigenvalue weighted by Crippen LogP contribution is -1.90. The third kappa shape index (κ3) is 2.36. The Kier molecular flexibility index (Phi) is 3.12. The lowest BCUT2D eigenvalue weighted by atomic mass is 10.1. The van der Waals surface area contributed by atoms with Crippen molar-refractivity contribution >= 4 is 11.2 Å². The SMILES string of the molecule is Cc1cc(F)ccc1-c1[nH]nc2ncc(-c3ccccc3)nc12. The zero-order chi connectivity index (χ0) is 15.8. The van der Waals surface area contributed by atoms with Gasteiger partial charge in [-0.05, 0) is 30.7 Å². The molecule has 0 aliphatic rings. The standard InChI is InChI=1S/C18H13FN4/c1-11-9-13(19)7-8-14(11)16-17-18(23-22-16)20-10-15(21-17)12-5-3-2-4-6-12/h2-10H,1H3,(H,20,22,23). The molecule has 0 amide bonds. The fourth-order valence-electron chi connectivity index (χ4n) is 2.64. The van der Waals surface area contributed by atoms with Crippen molar-refractivity contribution in [1.82, 2.24) is 20.2 Å². The van der Waals surface area contributed by atoms with Gasteiger partial charge in [0.05, 0.1) is 17.6 Å². The molecule has 0 saturated heterocycles. The van der Waals surface area contributed by atoms with Crippen LogP contribution in [0.5, 0.6) is 0 Å². The molecule has 0 aliphatic heterocycles. The quantitative estimate of drug-likeness (QED) is 0.605. The van der Waals surface area contributed by atoms with Crippen molar-refractivity contribution in [3.63, 3.8) is 0 Å². The molecule has 2 heterocycles. The molecule has 0 fully saturated rings. The summed E-state index contributed by atoms with van der Waals surface area (Å²) in [4.78, 5) is 9.07. The van der Waals surface area contributed by atoms with Gasteiger partial charge in [0.15, 0.2) is 5.65 Å². The Morgan fingerprint density at radius 2 is 1.87 bits per heavy atom. The van der Waals surface area contributed by atoms with Crippen molar-refractivity contribution in [2.75, 3.05) is 0 Å². The van der Waals surface area contributed by atoms with Crippen molar-refractivity contribution in [1.29, 1.82) is 0 Å². The van der Waals surface area contributed by atoms with Crippen LogP contribution in [-0.2, 0) is 0 Å². The van der Waals surface area contributed by atoms with Crippen LogP contribution in [0.25, 0.3) is 33.7 Å². The first kappa shape index (κ1) is 13.6. The number of aromatic amines is 1. The second kappa shape index (κ2) is 5.28. The van der Waals surface area contributed by atoms with E-state index in [4.69, 9.17) is 4.98 Å². The fraction of sp³-hybridized carbons (Fsp3) is 0.0556. The van der Waals surface area contributed by atoms with Crippen LogP contribution in [0, 0.1) is 12.7 Å². The zero-order valence-electron chi connectivity index (χ0n) is 12.4. The summed E-state index contributed by atoms with van der Waals surface area (Å²) in [7, 11) is 0. The maximum atomic E-state index is 13.3. The average Bonchev–Trinajstić information content (AvgIpc) is 2.99. The fourth-order valence-corrected chi connectivity index (χ4v) is 2.64. The van der Waals surface area contributed by atoms with Gasteiger partial charge in [-0.25, -0.2) is 14.4 Å². The van der Waals surface area contributed by atoms with Crippen LogP contribution in [0.15, 0.2) is 54.7 Å². The molecule has 1 N–H and O–H groups in total. The number of hydrogen-bond donors (Lipinski definition) is 1. The maximum Gasteiger partial charge on any atom is 0.200 e. The Morgan fingerprint density at radius 3 is 2.65 bits per heavy atom. The van der Waals surface area contributed by atoms with Gasteiger partial charge >= 0.3 is 0 Å². The Labute approximate surface area is 132 Å². The number of aryl methyl sites for hydroxylation is 1. The minimum atomic E-state index is -0.258. The lowest BCUT2D eigenvalue weighted by molar-refractivity contribution is 0.627. The summed E-state index contributed by atoms with van der Waals surface area (Å²) < 4.78 is 13.3. The second-order valence-corrected chi connectivity index (χ2v) is 5.35. The molecule has 23 heavy (non-hydrogen) atoms. The van der Waals surface area contributed by atoms with Crippen LogP contribution < -0.4 is 0 Å². The Morgan fingerprint density at radius 1 is 1.04 bits per heavy atom. The van der Waals surface area contributed by atoms with Crippen molar-refractivity contribution in [2.45, 2.75) is 6.92 Å². The van der Waals surface area contributed by atoms with E-state index in [0.717, 1.165) is 28.1 Å². The van der Waals surface area contributed by atoms with Gasteiger partial charge in [0, 0.05) is 11.1 Å². The topological polar surface area (TPSA) is 54.5 Å². The summed E-state index contributed by atoms with van der Waals surface area (Å²) in [5.74, 6) is -0.258. The van der Waals surface area contributed by atoms with Gasteiger partial charge < -0.3 is 0 Å². The molecule has 112 valence electrons. The van der Waals surface area contributed by atoms with Gasteiger partial charge in [0.2, 0.25) is 0 Å². The summed E-state index contributed by atoms with van der Waals surface area (Å²) in [6.07, 6.45) is 1.71. The number of H-pyrrole nitrogens is 1. The Hall–Kier alpha value is -3.08. The predicted octanol–water partition coefficient (Wildman–Crippen LogP) is 4.13. The first-order valence-electron chi connectivity index (χ1n) is 7.25. The van der Waals surface area contributed by atoms with Crippen LogP contribution in [0.2, 0.25) is 0 Å². The van der Waals surface area contributed by atoms with Crippen LogP contribution in [0.3, 0.4) is 0 Å². The van der Waals surface area contributed by atoms with E-state index in [2.05, 4.69) is 15.2 Å². The van der Waals surface area contributed by atoms with Crippen LogP contribution in [0.1, 0.15) is 5.56 Å². The van der Waals surface area contributed by atoms with E-state index in [1.54, 1.807) is 12.3 Å². The van der Waals surface area contributed by atoms with E-state index in [9.17, 15) is 4.39 Å². The molecule has 5 heteroatoms. The first-order valence-corrected chi connectivity index (χ1v) is 7.25. The summed E-state index contributed by atoms with van der Waals surface area (Å²) in [5, 5.41) is 7.17. The van der Waals surface area contributed by atoms with Gasteiger partial charge in [-0.2, -0.15) is 5.10 Å². The first-order chi connectivity index (χ1) is 11.2. The molecule has 2 aromatic heterocycles. The number of nitrogens with zero attached hydrogens (tertiary/aromatic N) is 3. The van der Waals surface area contributed by atoms with Crippen molar-refractivity contribution in [3.05, 3.63) is 66.1 Å². The number of fused-ring (bicyclic) bond motifs is 1. The minimum absolute atomic E-state index is 0.258. The molecule has 4 aromatic rings. The van der Waals surface area contributed by atoms with Gasteiger partial charge in [0.1, 0.15) is 11.3 Å². The molecule has 4 nitrogen and oxygen atoms in total. The molecule has 2 aromatic carbocycles. The second-order valence-electron chi connectivity index (χ2n) is 5.35. The van der Waals surface area contributed by atoms with Crippen LogP contribution in [0.4, 0.5) is 4.39 Å². The third-order valence-electron chi connectivity index (χ3n) is 3.79. The van der Waals surface area contributed by atoms with Gasteiger partial charge in [0.25, 0.3) is 0 Å². The smallest absolute Gasteiger partial charge is 0.200 e. The number of nitrogens with one attached hydrogen (secondary N) is 1. The molecule has 4 rings (SSSR count). The summed E-state index contributed by atoms with van der Waals surface area (Å²) in [6, 6.07) is 14.5. The highest BCUT2D eigenvalue weighted by molar-refractivity contribution is 5.89. The molecule has 0 atom stereocenters. The van der Waals surface area contributed by atoms with Gasteiger partial charge in [-0.15, -0.1) is 0 Å². The largest absolute Gasteiger partial charge is 0.273 e. The minimum Gasteiger partial charge on any atom is -0.273 e. The lowest BCUT2D eigenvalue weighted by Gasteiger charge is -2.04. The van der Waals surface area contributed by atoms with Crippen LogP contribution >= 0.6 is 0 Å². The van der Waals surface area contributed by atoms with E-state index in [0.29, 0.717) is 11.2 Å². The number of benzene rings is 2. The van der Waals surface area contributed by atoms with Gasteiger partial charge in [-0.1, -0.05) is 30.3 Å². The molecule has 0 radical (unpaired) electrons. The Bertz CT molecular complexity index is 993. The molecular weight excluding hydrogens is 291 g/mol. The maximum absolute atomic E-state index is 13.3. The normalized spacial score (nSPS) is 11.0. The summed E-state index contributed by atoms with van der Waals surface area (Å²) in [5.41, 5.74) is 5.44. The number of hydrogen-bond acceptors (Lipinski definition) is 3.